The van der Waals surface area contributed by atoms with Gasteiger partial charge < -0.3 is 15.4 Å². The third kappa shape index (κ3) is 2.79. The molecular formula is C15H20N2O2. The molecular weight excluding hydrogens is 240 g/mol. The molecule has 0 fully saturated rings. The Balaban J connectivity index is 2.59. The van der Waals surface area contributed by atoms with Gasteiger partial charge in [-0.2, -0.15) is 0 Å². The third-order valence-corrected chi connectivity index (χ3v) is 3.36. The van der Waals surface area contributed by atoms with Gasteiger partial charge in [0.05, 0.1) is 0 Å². The molecule has 1 aromatic heterocycles. The summed E-state index contributed by atoms with van der Waals surface area (Å²) in [6.07, 6.45) is 3.77. The summed E-state index contributed by atoms with van der Waals surface area (Å²) in [4.78, 5) is 11.0. The number of rotatable bonds is 5. The quantitative estimate of drug-likeness (QED) is 0.866. The van der Waals surface area contributed by atoms with E-state index in [4.69, 9.17) is 10.8 Å². The zero-order valence-corrected chi connectivity index (χ0v) is 11.4. The average Bonchev–Trinajstić information content (AvgIpc) is 2.64. The van der Waals surface area contributed by atoms with E-state index in [1.165, 1.54) is 16.5 Å². The number of hydrogen-bond acceptors (Lipinski definition) is 2. The Morgan fingerprint density at radius 1 is 1.37 bits per heavy atom. The van der Waals surface area contributed by atoms with Gasteiger partial charge in [0, 0.05) is 17.1 Å². The zero-order chi connectivity index (χ0) is 14.0. The van der Waals surface area contributed by atoms with Crippen molar-refractivity contribution in [3.8, 4) is 0 Å². The smallest absolute Gasteiger partial charge is 0.323 e. The summed E-state index contributed by atoms with van der Waals surface area (Å²) in [6.45, 7) is 4.76. The molecule has 19 heavy (non-hydrogen) atoms. The van der Waals surface area contributed by atoms with E-state index in [0.717, 1.165) is 23.9 Å². The highest BCUT2D eigenvalue weighted by atomic mass is 16.4. The van der Waals surface area contributed by atoms with Crippen molar-refractivity contribution in [1.82, 2.24) is 4.57 Å². The second-order valence-electron chi connectivity index (χ2n) is 5.04. The summed E-state index contributed by atoms with van der Waals surface area (Å²) >= 11 is 0. The Kier molecular flexibility index (Phi) is 3.90. The molecule has 0 aliphatic heterocycles. The summed E-state index contributed by atoms with van der Waals surface area (Å²) in [5, 5.41) is 10.2. The van der Waals surface area contributed by atoms with Crippen molar-refractivity contribution in [1.29, 1.82) is 0 Å². The zero-order valence-electron chi connectivity index (χ0n) is 11.4. The average molecular weight is 260 g/mol. The Morgan fingerprint density at radius 2 is 2.11 bits per heavy atom. The second-order valence-corrected chi connectivity index (χ2v) is 5.04. The summed E-state index contributed by atoms with van der Waals surface area (Å²) in [6, 6.07) is 4.19. The first-order chi connectivity index (χ1) is 9.02. The van der Waals surface area contributed by atoms with Gasteiger partial charge in [-0.25, -0.2) is 0 Å². The van der Waals surface area contributed by atoms with Gasteiger partial charge in [-0.05, 0) is 56.0 Å². The Labute approximate surface area is 112 Å². The Morgan fingerprint density at radius 3 is 2.74 bits per heavy atom. The minimum absolute atomic E-state index is 0.00200. The molecule has 2 rings (SSSR count). The van der Waals surface area contributed by atoms with E-state index in [9.17, 15) is 4.79 Å². The van der Waals surface area contributed by atoms with Crippen molar-refractivity contribution >= 4 is 16.9 Å². The molecule has 4 heteroatoms. The largest absolute Gasteiger partial charge is 0.480 e. The molecule has 2 aromatic rings. The van der Waals surface area contributed by atoms with Crippen molar-refractivity contribution in [3.63, 3.8) is 0 Å². The number of hydrogen-bond donors (Lipinski definition) is 2. The van der Waals surface area contributed by atoms with Gasteiger partial charge in [-0.1, -0.05) is 6.07 Å². The molecule has 1 aromatic carbocycles. The molecule has 102 valence electrons. The number of aromatic nitrogens is 1. The molecule has 3 N–H and O–H groups in total. The van der Waals surface area contributed by atoms with Crippen LogP contribution in [0.5, 0.6) is 0 Å². The first-order valence-electron chi connectivity index (χ1n) is 6.53. The molecule has 0 radical (unpaired) electrons. The van der Waals surface area contributed by atoms with Crippen LogP contribution >= 0.6 is 0 Å². The van der Waals surface area contributed by atoms with Crippen LogP contribution in [0.25, 0.3) is 10.9 Å². The van der Waals surface area contributed by atoms with Crippen molar-refractivity contribution in [2.45, 2.75) is 33.2 Å². The van der Waals surface area contributed by atoms with Crippen molar-refractivity contribution < 1.29 is 9.90 Å². The maximum atomic E-state index is 11.0. The molecule has 0 amide bonds. The van der Waals surface area contributed by atoms with E-state index in [-0.39, 0.29) is 6.54 Å². The minimum Gasteiger partial charge on any atom is -0.480 e. The summed E-state index contributed by atoms with van der Waals surface area (Å²) in [7, 11) is 0. The highest BCUT2D eigenvalue weighted by Gasteiger charge is 2.12. The third-order valence-electron chi connectivity index (χ3n) is 3.36. The SMILES string of the molecule is Cc1cc(C)c2c(CCCN)cn(CC(=O)O)c2c1. The summed E-state index contributed by atoms with van der Waals surface area (Å²) in [5.74, 6) is -0.818. The van der Waals surface area contributed by atoms with E-state index in [2.05, 4.69) is 19.1 Å². The molecule has 0 aliphatic rings. The number of aryl methyl sites for hydroxylation is 3. The van der Waals surface area contributed by atoms with Crippen LogP contribution in [0.3, 0.4) is 0 Å². The molecule has 0 saturated heterocycles. The number of nitrogens with two attached hydrogens (primary N) is 1. The molecule has 0 saturated carbocycles. The Hall–Kier alpha value is -1.81. The number of carbonyl (C=O) groups is 1. The molecule has 0 aliphatic carbocycles. The first kappa shape index (κ1) is 13.6. The van der Waals surface area contributed by atoms with E-state index in [1.54, 1.807) is 0 Å². The highest BCUT2D eigenvalue weighted by molar-refractivity contribution is 5.88. The Bertz CT molecular complexity index is 614. The highest BCUT2D eigenvalue weighted by Crippen LogP contribution is 2.27. The van der Waals surface area contributed by atoms with E-state index < -0.39 is 5.97 Å². The van der Waals surface area contributed by atoms with Crippen molar-refractivity contribution in [2.24, 2.45) is 5.73 Å². The van der Waals surface area contributed by atoms with Crippen LogP contribution in [0, 0.1) is 13.8 Å². The van der Waals surface area contributed by atoms with Crippen molar-refractivity contribution in [2.75, 3.05) is 6.54 Å². The standard InChI is InChI=1S/C15H20N2O2/c1-10-6-11(2)15-12(4-3-5-16)8-17(9-14(18)19)13(15)7-10/h6-8H,3-5,9,16H2,1-2H3,(H,18,19). The minimum atomic E-state index is -0.818. The van der Waals surface area contributed by atoms with Gasteiger partial charge in [0.25, 0.3) is 0 Å². The van der Waals surface area contributed by atoms with Crippen molar-refractivity contribution in [3.05, 3.63) is 35.0 Å². The monoisotopic (exact) mass is 260 g/mol. The molecule has 4 nitrogen and oxygen atoms in total. The fraction of sp³-hybridized carbons (Fsp3) is 0.400. The first-order valence-corrected chi connectivity index (χ1v) is 6.53. The fourth-order valence-electron chi connectivity index (χ4n) is 2.67. The number of nitrogens with zero attached hydrogens (tertiary/aromatic N) is 1. The van der Waals surface area contributed by atoms with Gasteiger partial charge in [0.2, 0.25) is 0 Å². The lowest BCUT2D eigenvalue weighted by Crippen LogP contribution is -2.07. The van der Waals surface area contributed by atoms with Crippen LogP contribution in [-0.2, 0) is 17.8 Å². The van der Waals surface area contributed by atoms with Gasteiger partial charge in [-0.3, -0.25) is 4.79 Å². The van der Waals surface area contributed by atoms with Crippen LogP contribution in [0.15, 0.2) is 18.3 Å². The molecule has 0 unspecified atom stereocenters. The van der Waals surface area contributed by atoms with Gasteiger partial charge in [-0.15, -0.1) is 0 Å². The van der Waals surface area contributed by atoms with Gasteiger partial charge in [0.1, 0.15) is 6.54 Å². The summed E-state index contributed by atoms with van der Waals surface area (Å²) < 4.78 is 1.82. The lowest BCUT2D eigenvalue weighted by Gasteiger charge is -2.05. The maximum absolute atomic E-state index is 11.0. The number of benzene rings is 1. The number of fused-ring (bicyclic) bond motifs is 1. The number of carboxylic acid groups (broad SMARTS) is 1. The molecule has 0 bridgehead atoms. The summed E-state index contributed by atoms with van der Waals surface area (Å²) in [5.41, 5.74) is 10.1. The number of aliphatic carboxylic acids is 1. The normalized spacial score (nSPS) is 11.1. The van der Waals surface area contributed by atoms with Gasteiger partial charge in [0.15, 0.2) is 0 Å². The number of carboxylic acids is 1. The molecule has 1 heterocycles. The second kappa shape index (κ2) is 5.45. The maximum Gasteiger partial charge on any atom is 0.323 e. The van der Waals surface area contributed by atoms with Crippen LogP contribution in [-0.4, -0.2) is 22.2 Å². The lowest BCUT2D eigenvalue weighted by molar-refractivity contribution is -0.137. The van der Waals surface area contributed by atoms with E-state index >= 15 is 0 Å². The van der Waals surface area contributed by atoms with Crippen LogP contribution < -0.4 is 5.73 Å². The molecule has 0 spiro atoms. The molecule has 0 atom stereocenters. The van der Waals surface area contributed by atoms with Gasteiger partial charge >= 0.3 is 5.97 Å². The van der Waals surface area contributed by atoms with Crippen LogP contribution in [0.2, 0.25) is 0 Å². The topological polar surface area (TPSA) is 68.2 Å². The van der Waals surface area contributed by atoms with E-state index in [1.807, 2.05) is 17.7 Å². The van der Waals surface area contributed by atoms with E-state index in [0.29, 0.717) is 6.54 Å². The fourth-order valence-corrected chi connectivity index (χ4v) is 2.67. The predicted molar refractivity (Wildman–Crippen MR) is 76.4 cm³/mol. The van der Waals surface area contributed by atoms with Crippen LogP contribution in [0.1, 0.15) is 23.1 Å². The predicted octanol–water partition coefficient (Wildman–Crippen LogP) is 2.23. The lowest BCUT2D eigenvalue weighted by atomic mass is 10.0. The van der Waals surface area contributed by atoms with Crippen LogP contribution in [0.4, 0.5) is 0 Å².